The van der Waals surface area contributed by atoms with Gasteiger partial charge in [-0.1, -0.05) is 78.5 Å². The molecule has 7 nitrogen and oxygen atoms in total. The molecule has 2 amide bonds. The van der Waals surface area contributed by atoms with Crippen LogP contribution in [0.1, 0.15) is 48.9 Å². The lowest BCUT2D eigenvalue weighted by atomic mass is 10.1. The highest BCUT2D eigenvalue weighted by Gasteiger charge is 2.34. The van der Waals surface area contributed by atoms with Gasteiger partial charge in [0.2, 0.25) is 11.8 Å². The van der Waals surface area contributed by atoms with Gasteiger partial charge in [0.25, 0.3) is 10.0 Å². The van der Waals surface area contributed by atoms with Gasteiger partial charge in [0, 0.05) is 23.1 Å². The fraction of sp³-hybridized carbons (Fsp3) is 0.355. The summed E-state index contributed by atoms with van der Waals surface area (Å²) in [7, 11) is -4.15. The fourth-order valence-electron chi connectivity index (χ4n) is 4.55. The number of hydrogen-bond donors (Lipinski definition) is 1. The van der Waals surface area contributed by atoms with Gasteiger partial charge in [-0.3, -0.25) is 13.9 Å². The quantitative estimate of drug-likeness (QED) is 0.253. The van der Waals surface area contributed by atoms with E-state index in [1.54, 1.807) is 36.4 Å². The van der Waals surface area contributed by atoms with Gasteiger partial charge in [-0.05, 0) is 75.1 Å². The van der Waals surface area contributed by atoms with E-state index in [1.165, 1.54) is 17.0 Å². The molecule has 0 heterocycles. The maximum atomic E-state index is 14.2. The predicted molar refractivity (Wildman–Crippen MR) is 166 cm³/mol. The molecule has 0 aliphatic heterocycles. The lowest BCUT2D eigenvalue weighted by Gasteiger charge is -2.33. The Bertz CT molecular complexity index is 1490. The van der Waals surface area contributed by atoms with Crippen molar-refractivity contribution < 1.29 is 18.0 Å². The Labute approximate surface area is 253 Å². The van der Waals surface area contributed by atoms with Crippen LogP contribution < -0.4 is 9.62 Å². The molecule has 220 valence electrons. The number of carbonyl (C=O) groups is 2. The van der Waals surface area contributed by atoms with Crippen LogP contribution in [-0.2, 0) is 26.2 Å². The molecule has 1 N–H and O–H groups in total. The number of carbonyl (C=O) groups excluding carboxylic acids is 2. The Hall–Kier alpha value is -3.07. The van der Waals surface area contributed by atoms with E-state index in [0.717, 1.165) is 21.9 Å². The van der Waals surface area contributed by atoms with Gasteiger partial charge in [0.1, 0.15) is 12.6 Å². The molecule has 0 bridgehead atoms. The molecule has 0 fully saturated rings. The third kappa shape index (κ3) is 8.03. The first kappa shape index (κ1) is 32.4. The number of anilines is 1. The number of amides is 2. The molecule has 0 radical (unpaired) electrons. The molecule has 0 saturated heterocycles. The second-order valence-corrected chi connectivity index (χ2v) is 12.8. The van der Waals surface area contributed by atoms with Crippen LogP contribution in [0.4, 0.5) is 5.69 Å². The highest BCUT2D eigenvalue weighted by Crippen LogP contribution is 2.29. The minimum Gasteiger partial charge on any atom is -0.354 e. The molecule has 3 aromatic rings. The summed E-state index contributed by atoms with van der Waals surface area (Å²) in [6.07, 6.45) is 1.05. The third-order valence-electron chi connectivity index (χ3n) is 6.80. The highest BCUT2D eigenvalue weighted by atomic mass is 35.5. The van der Waals surface area contributed by atoms with Crippen LogP contribution in [0.3, 0.4) is 0 Å². The summed E-state index contributed by atoms with van der Waals surface area (Å²) < 4.78 is 29.2. The smallest absolute Gasteiger partial charge is 0.264 e. The normalized spacial score (nSPS) is 12.1. The van der Waals surface area contributed by atoms with Crippen LogP contribution in [0.5, 0.6) is 0 Å². The van der Waals surface area contributed by atoms with Crippen LogP contribution in [0, 0.1) is 20.8 Å². The maximum absolute atomic E-state index is 14.2. The first-order valence-electron chi connectivity index (χ1n) is 13.6. The summed E-state index contributed by atoms with van der Waals surface area (Å²) in [5.74, 6) is -0.850. The Kier molecular flexibility index (Phi) is 11.2. The molecule has 0 saturated carbocycles. The average Bonchev–Trinajstić information content (AvgIpc) is 2.92. The number of nitrogens with zero attached hydrogens (tertiary/aromatic N) is 2. The lowest BCUT2D eigenvalue weighted by Crippen LogP contribution is -2.52. The zero-order chi connectivity index (χ0) is 30.3. The minimum atomic E-state index is -4.15. The first-order valence-corrected chi connectivity index (χ1v) is 15.8. The zero-order valence-corrected chi connectivity index (χ0v) is 26.4. The highest BCUT2D eigenvalue weighted by molar-refractivity contribution is 7.92. The summed E-state index contributed by atoms with van der Waals surface area (Å²) in [4.78, 5) is 28.9. The molecule has 0 aliphatic rings. The van der Waals surface area contributed by atoms with Crippen molar-refractivity contribution in [3.8, 4) is 0 Å². The van der Waals surface area contributed by atoms with Gasteiger partial charge in [-0.15, -0.1) is 0 Å². The fourth-order valence-corrected chi connectivity index (χ4v) is 6.50. The minimum absolute atomic E-state index is 0.00180. The molecular weight excluding hydrogens is 581 g/mol. The van der Waals surface area contributed by atoms with Crippen molar-refractivity contribution in [2.45, 2.75) is 64.9 Å². The van der Waals surface area contributed by atoms with Gasteiger partial charge in [0.05, 0.1) is 10.6 Å². The number of sulfonamides is 1. The van der Waals surface area contributed by atoms with E-state index in [-0.39, 0.29) is 17.3 Å². The molecular formula is C31H37Cl2N3O4S. The standard InChI is InChI=1S/C31H37Cl2N3O4S/c1-6-16-34-31(38)28(7-2)35(19-24-11-12-25(32)18-27(24)33)30(37)20-36(29-15-10-22(4)17-23(29)5)41(39,40)26-13-8-21(3)9-14-26/h8-15,17-18,28H,6-7,16,19-20H2,1-5H3,(H,34,38). The molecule has 1 atom stereocenters. The zero-order valence-electron chi connectivity index (χ0n) is 24.1. The van der Waals surface area contributed by atoms with E-state index in [1.807, 2.05) is 46.8 Å². The SMILES string of the molecule is CCCNC(=O)C(CC)N(Cc1ccc(Cl)cc1Cl)C(=O)CN(c1ccc(C)cc1C)S(=O)(=O)c1ccc(C)cc1. The van der Waals surface area contributed by atoms with Crippen molar-refractivity contribution in [1.82, 2.24) is 10.2 Å². The predicted octanol–water partition coefficient (Wildman–Crippen LogP) is 6.45. The van der Waals surface area contributed by atoms with Gasteiger partial charge in [0.15, 0.2) is 0 Å². The van der Waals surface area contributed by atoms with Crippen molar-refractivity contribution in [3.05, 3.63) is 93.0 Å². The number of benzene rings is 3. The van der Waals surface area contributed by atoms with Gasteiger partial charge in [-0.25, -0.2) is 8.42 Å². The van der Waals surface area contributed by atoms with E-state index in [9.17, 15) is 18.0 Å². The Morgan fingerprint density at radius 2 is 1.56 bits per heavy atom. The number of aryl methyl sites for hydroxylation is 3. The molecule has 0 aromatic heterocycles. The number of halogens is 2. The number of rotatable bonds is 12. The molecule has 0 spiro atoms. The second-order valence-electron chi connectivity index (χ2n) is 10.1. The van der Waals surface area contributed by atoms with Crippen LogP contribution in [0.25, 0.3) is 0 Å². The van der Waals surface area contributed by atoms with Gasteiger partial charge in [-0.2, -0.15) is 0 Å². The van der Waals surface area contributed by atoms with Crippen LogP contribution >= 0.6 is 23.2 Å². The van der Waals surface area contributed by atoms with E-state index in [4.69, 9.17) is 23.2 Å². The summed E-state index contributed by atoms with van der Waals surface area (Å²) >= 11 is 12.6. The van der Waals surface area contributed by atoms with E-state index in [0.29, 0.717) is 39.8 Å². The summed E-state index contributed by atoms with van der Waals surface area (Å²) in [6, 6.07) is 16.0. The lowest BCUT2D eigenvalue weighted by molar-refractivity contribution is -0.140. The Morgan fingerprint density at radius 1 is 0.902 bits per heavy atom. The van der Waals surface area contributed by atoms with E-state index in [2.05, 4.69) is 5.32 Å². The van der Waals surface area contributed by atoms with Gasteiger partial charge >= 0.3 is 0 Å². The van der Waals surface area contributed by atoms with Crippen molar-refractivity contribution in [1.29, 1.82) is 0 Å². The maximum Gasteiger partial charge on any atom is 0.264 e. The largest absolute Gasteiger partial charge is 0.354 e. The van der Waals surface area contributed by atoms with E-state index >= 15 is 0 Å². The first-order chi connectivity index (χ1) is 19.4. The Balaban J connectivity index is 2.11. The molecule has 0 aliphatic carbocycles. The molecule has 41 heavy (non-hydrogen) atoms. The number of nitrogens with one attached hydrogen (secondary N) is 1. The summed E-state index contributed by atoms with van der Waals surface area (Å²) in [5, 5.41) is 3.66. The molecule has 3 aromatic carbocycles. The van der Waals surface area contributed by atoms with E-state index < -0.39 is 28.5 Å². The second kappa shape index (κ2) is 14.2. The van der Waals surface area contributed by atoms with Crippen molar-refractivity contribution in [2.24, 2.45) is 0 Å². The van der Waals surface area contributed by atoms with Crippen molar-refractivity contribution in [3.63, 3.8) is 0 Å². The monoisotopic (exact) mass is 617 g/mol. The molecule has 3 rings (SSSR count). The summed E-state index contributed by atoms with van der Waals surface area (Å²) in [5.41, 5.74) is 3.55. The molecule has 1 unspecified atom stereocenters. The van der Waals surface area contributed by atoms with Crippen LogP contribution in [0.15, 0.2) is 65.6 Å². The van der Waals surface area contributed by atoms with Gasteiger partial charge < -0.3 is 10.2 Å². The van der Waals surface area contributed by atoms with Crippen molar-refractivity contribution >= 4 is 50.7 Å². The Morgan fingerprint density at radius 3 is 2.15 bits per heavy atom. The topological polar surface area (TPSA) is 86.8 Å². The van der Waals surface area contributed by atoms with Crippen LogP contribution in [0.2, 0.25) is 10.0 Å². The number of hydrogen-bond acceptors (Lipinski definition) is 4. The van der Waals surface area contributed by atoms with Crippen LogP contribution in [-0.4, -0.2) is 44.3 Å². The average molecular weight is 619 g/mol. The molecule has 10 heteroatoms. The van der Waals surface area contributed by atoms with Crippen molar-refractivity contribution in [2.75, 3.05) is 17.4 Å². The third-order valence-corrected chi connectivity index (χ3v) is 9.16. The summed E-state index contributed by atoms with van der Waals surface area (Å²) in [6.45, 7) is 9.29.